The quantitative estimate of drug-likeness (QED) is 0.364. The molecule has 0 aromatic heterocycles. The number of rotatable bonds is 11. The number of hydrogen-bond donors (Lipinski definition) is 1. The lowest BCUT2D eigenvalue weighted by Crippen LogP contribution is -2.36. The first-order valence-electron chi connectivity index (χ1n) is 9.02. The molecule has 0 aliphatic rings. The van der Waals surface area contributed by atoms with Crippen molar-refractivity contribution in [3.63, 3.8) is 0 Å². The zero-order valence-corrected chi connectivity index (χ0v) is 16.2. The fourth-order valence-electron chi connectivity index (χ4n) is 2.40. The Labute approximate surface area is 160 Å². The summed E-state index contributed by atoms with van der Waals surface area (Å²) in [7, 11) is 0. The lowest BCUT2D eigenvalue weighted by atomic mass is 10.1. The predicted octanol–water partition coefficient (Wildman–Crippen LogP) is 3.16. The van der Waals surface area contributed by atoms with E-state index in [-0.39, 0.29) is 30.6 Å². The topological polar surface area (TPSA) is 84.9 Å². The molecule has 0 aliphatic heterocycles. The molecule has 0 atom stereocenters. The highest BCUT2D eigenvalue weighted by Gasteiger charge is 2.23. The molecular weight excluding hydrogens is 348 g/mol. The maximum Gasteiger partial charge on any atom is 0.340 e. The van der Waals surface area contributed by atoms with Crippen molar-refractivity contribution in [3.05, 3.63) is 36.4 Å². The zero-order chi connectivity index (χ0) is 20.2. The van der Waals surface area contributed by atoms with Gasteiger partial charge in [0.2, 0.25) is 5.91 Å². The highest BCUT2D eigenvalue weighted by atomic mass is 16.5. The van der Waals surface area contributed by atoms with E-state index in [1.165, 1.54) is 11.8 Å². The van der Waals surface area contributed by atoms with Crippen LogP contribution < -0.4 is 10.2 Å². The summed E-state index contributed by atoms with van der Waals surface area (Å²) in [5, 5.41) is 2.67. The largest absolute Gasteiger partial charge is 0.462 e. The van der Waals surface area contributed by atoms with Gasteiger partial charge in [-0.2, -0.15) is 0 Å². The van der Waals surface area contributed by atoms with E-state index in [4.69, 9.17) is 9.47 Å². The monoisotopic (exact) mass is 376 g/mol. The first-order chi connectivity index (χ1) is 12.9. The van der Waals surface area contributed by atoms with Crippen LogP contribution in [0.25, 0.3) is 0 Å². The van der Waals surface area contributed by atoms with Gasteiger partial charge in [0.15, 0.2) is 0 Å². The molecule has 7 heteroatoms. The number of benzene rings is 1. The molecule has 0 spiro atoms. The van der Waals surface area contributed by atoms with E-state index in [9.17, 15) is 14.4 Å². The summed E-state index contributed by atoms with van der Waals surface area (Å²) in [6.07, 6.45) is 3.02. The van der Waals surface area contributed by atoms with Crippen LogP contribution in [0.4, 0.5) is 11.4 Å². The van der Waals surface area contributed by atoms with E-state index in [1.807, 2.05) is 6.92 Å². The lowest BCUT2D eigenvalue weighted by molar-refractivity contribution is -0.123. The van der Waals surface area contributed by atoms with Crippen molar-refractivity contribution in [2.24, 2.45) is 0 Å². The van der Waals surface area contributed by atoms with E-state index >= 15 is 0 Å². The van der Waals surface area contributed by atoms with Crippen LogP contribution in [0.1, 0.15) is 44.0 Å². The Morgan fingerprint density at radius 3 is 2.59 bits per heavy atom. The molecule has 1 rings (SSSR count). The van der Waals surface area contributed by atoms with Crippen molar-refractivity contribution in [2.45, 2.75) is 33.6 Å². The van der Waals surface area contributed by atoms with Gasteiger partial charge in [-0.1, -0.05) is 13.0 Å². The van der Waals surface area contributed by atoms with Gasteiger partial charge in [0, 0.05) is 25.8 Å². The minimum atomic E-state index is -0.534. The van der Waals surface area contributed by atoms with Crippen molar-refractivity contribution in [2.75, 3.05) is 36.6 Å². The third kappa shape index (κ3) is 7.22. The highest BCUT2D eigenvalue weighted by Crippen LogP contribution is 2.27. The molecule has 1 aromatic carbocycles. The molecule has 0 saturated carbocycles. The molecule has 27 heavy (non-hydrogen) atoms. The average molecular weight is 376 g/mol. The molecule has 7 nitrogen and oxygen atoms in total. The molecule has 0 bridgehead atoms. The van der Waals surface area contributed by atoms with Gasteiger partial charge in [-0.15, -0.1) is 6.58 Å². The molecule has 1 aromatic rings. The molecule has 0 fully saturated rings. The SMILES string of the molecule is C=CCCN(C(=O)COCCC)c1cc(NC(C)=O)ccc1C(=O)OCC. The maximum atomic E-state index is 12.7. The fraction of sp³-hybridized carbons (Fsp3) is 0.450. The van der Waals surface area contributed by atoms with Crippen LogP contribution in [0, 0.1) is 0 Å². The number of esters is 1. The van der Waals surface area contributed by atoms with Crippen LogP contribution in [-0.2, 0) is 19.1 Å². The van der Waals surface area contributed by atoms with Crippen molar-refractivity contribution < 1.29 is 23.9 Å². The Kier molecular flexibility index (Phi) is 9.82. The van der Waals surface area contributed by atoms with Crippen LogP contribution in [0.15, 0.2) is 30.9 Å². The van der Waals surface area contributed by atoms with Crippen molar-refractivity contribution in [1.82, 2.24) is 0 Å². The number of ether oxygens (including phenoxy) is 2. The fourth-order valence-corrected chi connectivity index (χ4v) is 2.40. The minimum absolute atomic E-state index is 0.0996. The molecule has 0 heterocycles. The van der Waals surface area contributed by atoms with Gasteiger partial charge in [0.25, 0.3) is 5.91 Å². The maximum absolute atomic E-state index is 12.7. The molecule has 148 valence electrons. The van der Waals surface area contributed by atoms with E-state index in [0.717, 1.165) is 6.42 Å². The van der Waals surface area contributed by atoms with Gasteiger partial charge in [-0.05, 0) is 38.0 Å². The summed E-state index contributed by atoms with van der Waals surface area (Å²) in [6.45, 7) is 9.65. The lowest BCUT2D eigenvalue weighted by Gasteiger charge is -2.25. The number of nitrogens with one attached hydrogen (secondary N) is 1. The van der Waals surface area contributed by atoms with Crippen LogP contribution >= 0.6 is 0 Å². The molecule has 0 unspecified atom stereocenters. The van der Waals surface area contributed by atoms with Crippen LogP contribution in [0.2, 0.25) is 0 Å². The van der Waals surface area contributed by atoms with Gasteiger partial charge in [0.05, 0.1) is 17.9 Å². The second kappa shape index (κ2) is 11.9. The van der Waals surface area contributed by atoms with Crippen molar-refractivity contribution in [3.8, 4) is 0 Å². The van der Waals surface area contributed by atoms with Gasteiger partial charge in [-0.25, -0.2) is 4.79 Å². The molecule has 0 saturated heterocycles. The standard InChI is InChI=1S/C20H28N2O5/c1-5-8-11-22(19(24)14-26-12-6-2)18-13-16(21-15(4)23)9-10-17(18)20(25)27-7-3/h5,9-10,13H,1,6-8,11-12,14H2,2-4H3,(H,21,23). The van der Waals surface area contributed by atoms with E-state index < -0.39 is 5.97 Å². The summed E-state index contributed by atoms with van der Waals surface area (Å²) in [4.78, 5) is 37.9. The summed E-state index contributed by atoms with van der Waals surface area (Å²) in [6, 6.07) is 4.73. The number of nitrogens with zero attached hydrogens (tertiary/aromatic N) is 1. The molecule has 0 aliphatic carbocycles. The number of amides is 2. The molecule has 0 radical (unpaired) electrons. The molecule has 1 N–H and O–H groups in total. The number of carbonyl (C=O) groups is 3. The Hall–Kier alpha value is -2.67. The first kappa shape index (κ1) is 22.4. The smallest absolute Gasteiger partial charge is 0.340 e. The zero-order valence-electron chi connectivity index (χ0n) is 16.2. The third-order valence-electron chi connectivity index (χ3n) is 3.54. The summed E-state index contributed by atoms with van der Waals surface area (Å²) in [5.41, 5.74) is 1.10. The number of carbonyl (C=O) groups excluding carboxylic acids is 3. The predicted molar refractivity (Wildman–Crippen MR) is 105 cm³/mol. The second-order valence-electron chi connectivity index (χ2n) is 5.81. The van der Waals surface area contributed by atoms with Crippen LogP contribution in [0.5, 0.6) is 0 Å². The summed E-state index contributed by atoms with van der Waals surface area (Å²) >= 11 is 0. The van der Waals surface area contributed by atoms with Gasteiger partial charge in [-0.3, -0.25) is 9.59 Å². The average Bonchev–Trinajstić information content (AvgIpc) is 2.62. The molecule has 2 amide bonds. The molecular formula is C20H28N2O5. The van der Waals surface area contributed by atoms with E-state index in [1.54, 1.807) is 31.2 Å². The van der Waals surface area contributed by atoms with Gasteiger partial charge < -0.3 is 19.7 Å². The first-order valence-corrected chi connectivity index (χ1v) is 9.02. The van der Waals surface area contributed by atoms with E-state index in [2.05, 4.69) is 11.9 Å². The van der Waals surface area contributed by atoms with Gasteiger partial charge >= 0.3 is 5.97 Å². The Morgan fingerprint density at radius 1 is 1.26 bits per heavy atom. The Bertz CT molecular complexity index is 672. The van der Waals surface area contributed by atoms with Crippen molar-refractivity contribution in [1.29, 1.82) is 0 Å². The van der Waals surface area contributed by atoms with E-state index in [0.29, 0.717) is 30.9 Å². The van der Waals surface area contributed by atoms with Crippen LogP contribution in [-0.4, -0.2) is 44.1 Å². The number of anilines is 2. The summed E-state index contributed by atoms with van der Waals surface area (Å²) in [5.74, 6) is -1.07. The third-order valence-corrected chi connectivity index (χ3v) is 3.54. The van der Waals surface area contributed by atoms with Crippen LogP contribution in [0.3, 0.4) is 0 Å². The normalized spacial score (nSPS) is 10.2. The van der Waals surface area contributed by atoms with Crippen molar-refractivity contribution >= 4 is 29.2 Å². The Morgan fingerprint density at radius 2 is 2.00 bits per heavy atom. The van der Waals surface area contributed by atoms with Gasteiger partial charge in [0.1, 0.15) is 6.61 Å². The second-order valence-corrected chi connectivity index (χ2v) is 5.81. The highest BCUT2D eigenvalue weighted by molar-refractivity contribution is 6.04. The summed E-state index contributed by atoms with van der Waals surface area (Å²) < 4.78 is 10.5. The minimum Gasteiger partial charge on any atom is -0.462 e. The number of hydrogen-bond acceptors (Lipinski definition) is 5. The Balaban J connectivity index is 3.30.